The summed E-state index contributed by atoms with van der Waals surface area (Å²) in [5.41, 5.74) is 1.93. The number of benzene rings is 1. The van der Waals surface area contributed by atoms with E-state index in [0.29, 0.717) is 12.0 Å². The van der Waals surface area contributed by atoms with Crippen molar-refractivity contribution in [3.05, 3.63) is 53.7 Å². The Morgan fingerprint density at radius 1 is 1.19 bits per heavy atom. The first kappa shape index (κ1) is 17.6. The molecule has 3 saturated heterocycles. The molecule has 0 saturated carbocycles. The number of aromatic nitrogens is 1. The van der Waals surface area contributed by atoms with Gasteiger partial charge in [0.2, 0.25) is 0 Å². The summed E-state index contributed by atoms with van der Waals surface area (Å²) in [4.78, 5) is 20.7. The number of hydrogen-bond donors (Lipinski definition) is 1. The van der Waals surface area contributed by atoms with E-state index in [-0.39, 0.29) is 11.9 Å². The van der Waals surface area contributed by atoms with Crippen LogP contribution in [-0.4, -0.2) is 41.0 Å². The van der Waals surface area contributed by atoms with E-state index in [0.717, 1.165) is 15.5 Å². The highest BCUT2D eigenvalue weighted by Gasteiger charge is 2.40. The molecule has 4 heterocycles. The molecule has 1 amide bonds. The fourth-order valence-electron chi connectivity index (χ4n) is 4.14. The van der Waals surface area contributed by atoms with Crippen molar-refractivity contribution in [3.63, 3.8) is 0 Å². The van der Waals surface area contributed by atoms with Gasteiger partial charge in [-0.05, 0) is 87.7 Å². The second-order valence-electron chi connectivity index (χ2n) is 7.41. The average Bonchev–Trinajstić information content (AvgIpc) is 2.65. The molecule has 5 rings (SSSR count). The lowest BCUT2D eigenvalue weighted by Gasteiger charge is -2.49. The molecule has 2 bridgehead atoms. The van der Waals surface area contributed by atoms with Crippen LogP contribution < -0.4 is 5.32 Å². The van der Waals surface area contributed by atoms with Crippen molar-refractivity contribution in [2.45, 2.75) is 48.7 Å². The minimum atomic E-state index is 0.0424. The van der Waals surface area contributed by atoms with Gasteiger partial charge in [-0.2, -0.15) is 0 Å². The standard InChI is InChI=1S/C21H25N3OS/c1-14-7-10-22-19(13-14)26-18-5-3-17(4-6-18)21(25)23-20-15(2)24-11-8-16(20)9-12-24/h3-7,10,13,15-16,20H,8-9,11-12H2,1-2H3,(H,23,25). The largest absolute Gasteiger partial charge is 0.347 e. The van der Waals surface area contributed by atoms with Crippen molar-refractivity contribution in [1.82, 2.24) is 15.2 Å². The van der Waals surface area contributed by atoms with Crippen LogP contribution >= 0.6 is 11.8 Å². The van der Waals surface area contributed by atoms with Gasteiger partial charge in [0.05, 0.1) is 0 Å². The van der Waals surface area contributed by atoms with Crippen LogP contribution in [0.2, 0.25) is 0 Å². The fraction of sp³-hybridized carbons (Fsp3) is 0.429. The van der Waals surface area contributed by atoms with Crippen molar-refractivity contribution in [2.24, 2.45) is 5.92 Å². The highest BCUT2D eigenvalue weighted by molar-refractivity contribution is 7.99. The zero-order chi connectivity index (χ0) is 18.1. The van der Waals surface area contributed by atoms with E-state index >= 15 is 0 Å². The topological polar surface area (TPSA) is 45.2 Å². The summed E-state index contributed by atoms with van der Waals surface area (Å²) in [5, 5.41) is 4.27. The van der Waals surface area contributed by atoms with Crippen molar-refractivity contribution < 1.29 is 4.79 Å². The molecule has 5 heteroatoms. The molecule has 1 N–H and O–H groups in total. The molecule has 0 spiro atoms. The Labute approximate surface area is 159 Å². The predicted molar refractivity (Wildman–Crippen MR) is 105 cm³/mol. The van der Waals surface area contributed by atoms with Gasteiger partial charge in [0.1, 0.15) is 5.03 Å². The van der Waals surface area contributed by atoms with Gasteiger partial charge in [-0.1, -0.05) is 11.8 Å². The van der Waals surface area contributed by atoms with Crippen LogP contribution in [0.4, 0.5) is 0 Å². The molecule has 3 aliphatic rings. The molecule has 2 unspecified atom stereocenters. The lowest BCUT2D eigenvalue weighted by Crippen LogP contribution is -2.62. The third-order valence-electron chi connectivity index (χ3n) is 5.70. The first-order valence-electron chi connectivity index (χ1n) is 9.35. The van der Waals surface area contributed by atoms with Crippen LogP contribution in [0.3, 0.4) is 0 Å². The Bertz CT molecular complexity index is 782. The summed E-state index contributed by atoms with van der Waals surface area (Å²) >= 11 is 1.62. The fourth-order valence-corrected chi connectivity index (χ4v) is 5.01. The van der Waals surface area contributed by atoms with Gasteiger partial charge in [0.25, 0.3) is 5.91 Å². The van der Waals surface area contributed by atoms with Gasteiger partial charge in [-0.3, -0.25) is 9.69 Å². The summed E-state index contributed by atoms with van der Waals surface area (Å²) in [5.74, 6) is 0.669. The normalized spacial score (nSPS) is 27.3. The Kier molecular flexibility index (Phi) is 5.00. The van der Waals surface area contributed by atoms with Gasteiger partial charge >= 0.3 is 0 Å². The molecule has 26 heavy (non-hydrogen) atoms. The molecule has 0 aliphatic carbocycles. The number of fused-ring (bicyclic) bond motifs is 3. The van der Waals surface area contributed by atoms with E-state index in [9.17, 15) is 4.79 Å². The number of nitrogens with zero attached hydrogens (tertiary/aromatic N) is 2. The first-order valence-corrected chi connectivity index (χ1v) is 10.2. The summed E-state index contributed by atoms with van der Waals surface area (Å²) < 4.78 is 0. The van der Waals surface area contributed by atoms with Crippen molar-refractivity contribution in [3.8, 4) is 0 Å². The lowest BCUT2D eigenvalue weighted by atomic mass is 9.79. The third-order valence-corrected chi connectivity index (χ3v) is 6.65. The second-order valence-corrected chi connectivity index (χ2v) is 8.50. The van der Waals surface area contributed by atoms with Crippen molar-refractivity contribution in [1.29, 1.82) is 0 Å². The minimum Gasteiger partial charge on any atom is -0.347 e. The Morgan fingerprint density at radius 3 is 2.58 bits per heavy atom. The van der Waals surface area contributed by atoms with Crippen LogP contribution in [0.5, 0.6) is 0 Å². The maximum atomic E-state index is 12.7. The van der Waals surface area contributed by atoms with E-state index in [2.05, 4.69) is 35.1 Å². The van der Waals surface area contributed by atoms with Crippen molar-refractivity contribution >= 4 is 17.7 Å². The van der Waals surface area contributed by atoms with Gasteiger partial charge in [-0.25, -0.2) is 4.98 Å². The Hall–Kier alpha value is -1.85. The highest BCUT2D eigenvalue weighted by atomic mass is 32.2. The van der Waals surface area contributed by atoms with E-state index in [4.69, 9.17) is 0 Å². The van der Waals surface area contributed by atoms with Crippen LogP contribution in [0.15, 0.2) is 52.5 Å². The van der Waals surface area contributed by atoms with Crippen molar-refractivity contribution in [2.75, 3.05) is 13.1 Å². The molecule has 4 nitrogen and oxygen atoms in total. The molecule has 136 valence electrons. The van der Waals surface area contributed by atoms with E-state index in [1.165, 1.54) is 31.5 Å². The number of hydrogen-bond acceptors (Lipinski definition) is 4. The Morgan fingerprint density at radius 2 is 1.92 bits per heavy atom. The van der Waals surface area contributed by atoms with Crippen LogP contribution in [0.25, 0.3) is 0 Å². The smallest absolute Gasteiger partial charge is 0.251 e. The highest BCUT2D eigenvalue weighted by Crippen LogP contribution is 2.32. The quantitative estimate of drug-likeness (QED) is 0.894. The molecule has 1 aromatic heterocycles. The maximum Gasteiger partial charge on any atom is 0.251 e. The third kappa shape index (κ3) is 3.64. The molecule has 2 atom stereocenters. The SMILES string of the molecule is Cc1ccnc(Sc2ccc(C(=O)NC3C4CCN(CC4)C3C)cc2)c1. The summed E-state index contributed by atoms with van der Waals surface area (Å²) in [6.07, 6.45) is 4.23. The number of nitrogens with one attached hydrogen (secondary N) is 1. The number of pyridine rings is 1. The molecular weight excluding hydrogens is 342 g/mol. The number of amides is 1. The molecule has 2 aromatic rings. The Balaban J connectivity index is 1.41. The second kappa shape index (κ2) is 7.41. The molecule has 1 aromatic carbocycles. The van der Waals surface area contributed by atoms with E-state index in [1.807, 2.05) is 36.5 Å². The molecular formula is C21H25N3OS. The van der Waals surface area contributed by atoms with Crippen LogP contribution in [0, 0.1) is 12.8 Å². The summed E-state index contributed by atoms with van der Waals surface area (Å²) in [7, 11) is 0. The molecule has 3 aliphatic heterocycles. The van der Waals surface area contributed by atoms with E-state index < -0.39 is 0 Å². The number of carbonyl (C=O) groups excluding carboxylic acids is 1. The van der Waals surface area contributed by atoms with Crippen LogP contribution in [0.1, 0.15) is 35.7 Å². The van der Waals surface area contributed by atoms with Gasteiger partial charge < -0.3 is 5.32 Å². The van der Waals surface area contributed by atoms with Gasteiger partial charge in [0.15, 0.2) is 0 Å². The predicted octanol–water partition coefficient (Wildman–Crippen LogP) is 3.75. The number of piperidine rings is 3. The number of rotatable bonds is 4. The number of aryl methyl sites for hydroxylation is 1. The minimum absolute atomic E-state index is 0.0424. The van der Waals surface area contributed by atoms with Crippen LogP contribution in [-0.2, 0) is 0 Å². The van der Waals surface area contributed by atoms with Gasteiger partial charge in [-0.15, -0.1) is 0 Å². The average molecular weight is 368 g/mol. The van der Waals surface area contributed by atoms with E-state index in [1.54, 1.807) is 11.8 Å². The zero-order valence-corrected chi connectivity index (χ0v) is 16.1. The summed E-state index contributed by atoms with van der Waals surface area (Å²) in [6.45, 7) is 6.66. The molecule has 3 fully saturated rings. The van der Waals surface area contributed by atoms with Gasteiger partial charge in [0, 0.05) is 28.7 Å². The zero-order valence-electron chi connectivity index (χ0n) is 15.3. The first-order chi connectivity index (χ1) is 12.6. The monoisotopic (exact) mass is 367 g/mol. The number of carbonyl (C=O) groups is 1. The molecule has 0 radical (unpaired) electrons. The lowest BCUT2D eigenvalue weighted by molar-refractivity contribution is 0.0217. The summed E-state index contributed by atoms with van der Waals surface area (Å²) in [6, 6.07) is 12.6. The maximum absolute atomic E-state index is 12.7.